The van der Waals surface area contributed by atoms with E-state index in [4.69, 9.17) is 4.74 Å². The van der Waals surface area contributed by atoms with Crippen LogP contribution in [0, 0.1) is 5.92 Å². The van der Waals surface area contributed by atoms with Gasteiger partial charge in [-0.15, -0.1) is 0 Å². The standard InChI is InChI=1S/C12H19N5O2S/c1-6(18)13-9-8(7-4-5-19-10(7)9)14-12-15-11(16-20-12)17(2)3/h7-10H,4-5H2,1-3H3,(H,13,18)(H,14,15,16)/t7-,8+,9-,10-/m1/s1. The Bertz CT molecular complexity index is 506. The molecule has 0 aromatic carbocycles. The molecule has 1 saturated carbocycles. The minimum absolute atomic E-state index is 0.0201. The maximum absolute atomic E-state index is 11.3. The fourth-order valence-electron chi connectivity index (χ4n) is 2.91. The summed E-state index contributed by atoms with van der Waals surface area (Å²) in [6, 6.07) is 0.195. The lowest BCUT2D eigenvalue weighted by Gasteiger charge is -2.47. The smallest absolute Gasteiger partial charge is 0.238 e. The Morgan fingerprint density at radius 3 is 2.90 bits per heavy atom. The number of ether oxygens (including phenoxy) is 1. The maximum atomic E-state index is 11.3. The molecular formula is C12H19N5O2S. The molecule has 0 spiro atoms. The summed E-state index contributed by atoms with van der Waals surface area (Å²) in [7, 11) is 3.83. The first kappa shape index (κ1) is 13.6. The van der Waals surface area contributed by atoms with Gasteiger partial charge in [0.25, 0.3) is 0 Å². The predicted molar refractivity (Wildman–Crippen MR) is 77.1 cm³/mol. The summed E-state index contributed by atoms with van der Waals surface area (Å²) >= 11 is 1.34. The molecule has 4 atom stereocenters. The van der Waals surface area contributed by atoms with Crippen LogP contribution in [-0.2, 0) is 9.53 Å². The molecule has 1 aliphatic carbocycles. The Morgan fingerprint density at radius 1 is 1.45 bits per heavy atom. The summed E-state index contributed by atoms with van der Waals surface area (Å²) in [5.41, 5.74) is 0. The lowest BCUT2D eigenvalue weighted by Crippen LogP contribution is -2.67. The number of nitrogens with one attached hydrogen (secondary N) is 2. The average Bonchev–Trinajstić information content (AvgIpc) is 3.00. The summed E-state index contributed by atoms with van der Waals surface area (Å²) in [4.78, 5) is 17.6. The lowest BCUT2D eigenvalue weighted by atomic mass is 9.71. The van der Waals surface area contributed by atoms with E-state index in [0.29, 0.717) is 11.9 Å². The quantitative estimate of drug-likeness (QED) is 0.832. The number of aromatic nitrogens is 2. The zero-order valence-corrected chi connectivity index (χ0v) is 12.6. The van der Waals surface area contributed by atoms with Crippen molar-refractivity contribution in [3.05, 3.63) is 0 Å². The lowest BCUT2D eigenvalue weighted by molar-refractivity contribution is -0.123. The maximum Gasteiger partial charge on any atom is 0.238 e. The van der Waals surface area contributed by atoms with Gasteiger partial charge in [0.1, 0.15) is 0 Å². The fraction of sp³-hybridized carbons (Fsp3) is 0.750. The van der Waals surface area contributed by atoms with Crippen molar-refractivity contribution in [3.8, 4) is 0 Å². The van der Waals surface area contributed by atoms with E-state index in [9.17, 15) is 4.79 Å². The Hall–Kier alpha value is -1.41. The van der Waals surface area contributed by atoms with Gasteiger partial charge in [0.05, 0.1) is 18.2 Å². The molecular weight excluding hydrogens is 278 g/mol. The highest BCUT2D eigenvalue weighted by Crippen LogP contribution is 2.41. The molecule has 110 valence electrons. The van der Waals surface area contributed by atoms with Gasteiger partial charge in [-0.3, -0.25) is 4.79 Å². The Balaban J connectivity index is 1.69. The molecule has 8 heteroatoms. The van der Waals surface area contributed by atoms with Crippen molar-refractivity contribution in [2.75, 3.05) is 30.9 Å². The first-order valence-electron chi connectivity index (χ1n) is 6.72. The Kier molecular flexibility index (Phi) is 3.51. The van der Waals surface area contributed by atoms with Gasteiger partial charge in [-0.1, -0.05) is 0 Å². The third-order valence-corrected chi connectivity index (χ3v) is 4.50. The molecule has 1 aromatic rings. The van der Waals surface area contributed by atoms with E-state index in [1.165, 1.54) is 18.5 Å². The minimum atomic E-state index is -0.0259. The van der Waals surface area contributed by atoms with Gasteiger partial charge in [-0.05, 0) is 6.42 Å². The number of carbonyl (C=O) groups excluding carboxylic acids is 1. The van der Waals surface area contributed by atoms with Crippen LogP contribution in [0.4, 0.5) is 11.1 Å². The second kappa shape index (κ2) is 5.17. The molecule has 0 bridgehead atoms. The molecule has 2 aliphatic rings. The number of hydrogen-bond donors (Lipinski definition) is 2. The second-order valence-corrected chi connectivity index (χ2v) is 6.23. The molecule has 0 unspecified atom stereocenters. The molecule has 7 nitrogen and oxygen atoms in total. The molecule has 3 rings (SSSR count). The normalized spacial score (nSPS) is 31.4. The highest BCUT2D eigenvalue weighted by Gasteiger charge is 2.54. The van der Waals surface area contributed by atoms with Crippen LogP contribution in [0.1, 0.15) is 13.3 Å². The van der Waals surface area contributed by atoms with Crippen molar-refractivity contribution in [1.82, 2.24) is 14.7 Å². The molecule has 20 heavy (non-hydrogen) atoms. The molecule has 0 radical (unpaired) electrons. The molecule has 1 aromatic heterocycles. The SMILES string of the molecule is CC(=O)N[C@@H]1[C@@H](Nc2nc(N(C)C)ns2)[C@H]2CCO[C@H]21. The molecule has 2 fully saturated rings. The summed E-state index contributed by atoms with van der Waals surface area (Å²) in [5, 5.41) is 7.17. The van der Waals surface area contributed by atoms with E-state index in [2.05, 4.69) is 20.0 Å². The van der Waals surface area contributed by atoms with Crippen molar-refractivity contribution < 1.29 is 9.53 Å². The molecule has 1 amide bonds. The van der Waals surface area contributed by atoms with Gasteiger partial charge in [0.15, 0.2) is 0 Å². The first-order chi connectivity index (χ1) is 9.56. The largest absolute Gasteiger partial charge is 0.376 e. The van der Waals surface area contributed by atoms with Crippen LogP contribution in [0.25, 0.3) is 0 Å². The van der Waals surface area contributed by atoms with Crippen molar-refractivity contribution in [2.45, 2.75) is 31.5 Å². The molecule has 1 saturated heterocycles. The number of anilines is 2. The van der Waals surface area contributed by atoms with Crippen molar-refractivity contribution in [3.63, 3.8) is 0 Å². The highest BCUT2D eigenvalue weighted by atomic mass is 32.1. The Morgan fingerprint density at radius 2 is 2.25 bits per heavy atom. The van der Waals surface area contributed by atoms with Gasteiger partial charge in [0.2, 0.25) is 17.0 Å². The molecule has 2 heterocycles. The second-order valence-electron chi connectivity index (χ2n) is 5.48. The number of carbonyl (C=O) groups is 1. The predicted octanol–water partition coefficient (Wildman–Crippen LogP) is 0.308. The van der Waals surface area contributed by atoms with Crippen LogP contribution >= 0.6 is 11.5 Å². The summed E-state index contributed by atoms with van der Waals surface area (Å²) in [6.07, 6.45) is 1.16. The van der Waals surface area contributed by atoms with Crippen LogP contribution in [0.15, 0.2) is 0 Å². The number of hydrogen-bond acceptors (Lipinski definition) is 7. The van der Waals surface area contributed by atoms with Crippen LogP contribution in [0.5, 0.6) is 0 Å². The van der Waals surface area contributed by atoms with Gasteiger partial charge in [-0.2, -0.15) is 9.36 Å². The third kappa shape index (κ3) is 2.33. The number of nitrogens with zero attached hydrogens (tertiary/aromatic N) is 3. The van der Waals surface area contributed by atoms with Gasteiger partial charge in [0, 0.05) is 45.1 Å². The first-order valence-corrected chi connectivity index (χ1v) is 7.50. The average molecular weight is 297 g/mol. The van der Waals surface area contributed by atoms with E-state index in [0.717, 1.165) is 18.2 Å². The summed E-state index contributed by atoms with van der Waals surface area (Å²) in [6.45, 7) is 2.30. The van der Waals surface area contributed by atoms with Crippen LogP contribution < -0.4 is 15.5 Å². The highest BCUT2D eigenvalue weighted by molar-refractivity contribution is 7.09. The topological polar surface area (TPSA) is 79.4 Å². The van der Waals surface area contributed by atoms with Gasteiger partial charge >= 0.3 is 0 Å². The molecule has 2 N–H and O–H groups in total. The number of fused-ring (bicyclic) bond motifs is 1. The van der Waals surface area contributed by atoms with Crippen LogP contribution in [0.2, 0.25) is 0 Å². The van der Waals surface area contributed by atoms with Crippen molar-refractivity contribution in [1.29, 1.82) is 0 Å². The van der Waals surface area contributed by atoms with Crippen LogP contribution in [-0.4, -0.2) is 54.2 Å². The third-order valence-electron chi connectivity index (χ3n) is 3.86. The van der Waals surface area contributed by atoms with E-state index in [1.54, 1.807) is 0 Å². The van der Waals surface area contributed by atoms with Gasteiger partial charge in [-0.25, -0.2) is 0 Å². The zero-order valence-electron chi connectivity index (χ0n) is 11.8. The van der Waals surface area contributed by atoms with Gasteiger partial charge < -0.3 is 20.3 Å². The molecule has 1 aliphatic heterocycles. The Labute approximate surface area is 121 Å². The monoisotopic (exact) mass is 297 g/mol. The summed E-state index contributed by atoms with van der Waals surface area (Å²) in [5.74, 6) is 1.12. The minimum Gasteiger partial charge on any atom is -0.376 e. The zero-order chi connectivity index (χ0) is 14.3. The van der Waals surface area contributed by atoms with Crippen molar-refractivity contribution in [2.24, 2.45) is 5.92 Å². The number of amides is 1. The fourth-order valence-corrected chi connectivity index (χ4v) is 3.59. The van der Waals surface area contributed by atoms with E-state index >= 15 is 0 Å². The van der Waals surface area contributed by atoms with E-state index in [-0.39, 0.29) is 24.1 Å². The van der Waals surface area contributed by atoms with Crippen molar-refractivity contribution >= 4 is 28.5 Å². The van der Waals surface area contributed by atoms with E-state index < -0.39 is 0 Å². The van der Waals surface area contributed by atoms with E-state index in [1.807, 2.05) is 19.0 Å². The summed E-state index contributed by atoms with van der Waals surface area (Å²) < 4.78 is 9.96. The number of rotatable bonds is 4. The van der Waals surface area contributed by atoms with Crippen LogP contribution in [0.3, 0.4) is 0 Å².